The minimum absolute atomic E-state index is 0.0944. The van der Waals surface area contributed by atoms with Crippen LogP contribution in [0.3, 0.4) is 0 Å². The number of nitrogens with one attached hydrogen (secondary N) is 2. The number of anilines is 1. The Balaban J connectivity index is 1.54. The van der Waals surface area contributed by atoms with Gasteiger partial charge in [0.15, 0.2) is 5.69 Å². The van der Waals surface area contributed by atoms with E-state index in [0.717, 1.165) is 25.7 Å². The summed E-state index contributed by atoms with van der Waals surface area (Å²) in [4.78, 5) is 40.3. The molecule has 1 unspecified atom stereocenters. The average molecular weight is 419 g/mol. The first-order valence-electron chi connectivity index (χ1n) is 10.6. The van der Waals surface area contributed by atoms with Crippen LogP contribution in [0.25, 0.3) is 0 Å². The van der Waals surface area contributed by atoms with Gasteiger partial charge in [0.05, 0.1) is 6.54 Å². The molecule has 2 N–H and O–H groups in total. The Morgan fingerprint density at radius 3 is 2.61 bits per heavy atom. The van der Waals surface area contributed by atoms with E-state index < -0.39 is 11.4 Å². The van der Waals surface area contributed by atoms with Crippen LogP contribution >= 0.6 is 0 Å². The summed E-state index contributed by atoms with van der Waals surface area (Å²) in [5.74, 6) is -1.01. The van der Waals surface area contributed by atoms with E-state index in [1.165, 1.54) is 22.1 Å². The van der Waals surface area contributed by atoms with Crippen LogP contribution in [0.1, 0.15) is 60.0 Å². The van der Waals surface area contributed by atoms with Crippen molar-refractivity contribution in [1.29, 1.82) is 0 Å². The summed E-state index contributed by atoms with van der Waals surface area (Å²) in [6, 6.07) is 8.49. The minimum Gasteiger partial charge on any atom is -0.351 e. The number of carbonyl (C=O) groups excluding carboxylic acids is 3. The van der Waals surface area contributed by atoms with E-state index in [9.17, 15) is 14.4 Å². The van der Waals surface area contributed by atoms with E-state index in [1.807, 2.05) is 0 Å². The normalized spacial score (nSPS) is 21.5. The molecule has 160 valence electrons. The minimum atomic E-state index is -1.09. The zero-order valence-electron chi connectivity index (χ0n) is 17.9. The van der Waals surface area contributed by atoms with Gasteiger partial charge < -0.3 is 15.5 Å². The molecule has 2 radical (unpaired) electrons. The third-order valence-electron chi connectivity index (χ3n) is 6.37. The summed E-state index contributed by atoms with van der Waals surface area (Å²) in [5.41, 5.74) is 0.181. The predicted octanol–water partition coefficient (Wildman–Crippen LogP) is 1.22. The van der Waals surface area contributed by atoms with E-state index in [1.54, 1.807) is 38.2 Å². The van der Waals surface area contributed by atoms with Gasteiger partial charge in [-0.05, 0) is 25.8 Å². The second kappa shape index (κ2) is 8.21. The molecule has 1 aromatic heterocycles. The van der Waals surface area contributed by atoms with Crippen molar-refractivity contribution >= 4 is 36.7 Å². The number of nitrogens with zero attached hydrogens (tertiary/aromatic N) is 3. The van der Waals surface area contributed by atoms with E-state index in [2.05, 4.69) is 15.7 Å². The summed E-state index contributed by atoms with van der Waals surface area (Å²) in [6.45, 7) is 1.90. The molecule has 0 spiro atoms. The molecule has 31 heavy (non-hydrogen) atoms. The van der Waals surface area contributed by atoms with Crippen LogP contribution in [-0.2, 0) is 11.3 Å². The molecule has 3 amide bonds. The van der Waals surface area contributed by atoms with Crippen LogP contribution in [0.2, 0.25) is 0 Å². The van der Waals surface area contributed by atoms with Gasteiger partial charge in [-0.15, -0.1) is 0 Å². The molecule has 0 saturated heterocycles. The molecular weight excluding hydrogens is 393 g/mol. The molecule has 0 bridgehead atoms. The van der Waals surface area contributed by atoms with Crippen LogP contribution in [0.5, 0.6) is 0 Å². The maximum absolute atomic E-state index is 13.1. The molecule has 2 aliphatic rings. The lowest BCUT2D eigenvalue weighted by atomic mass is 9.92. The SMILES string of the molecule is [B]c1ccccc1NC(=O)c1cc2n(n1)CC(C)(C(=O)NC1CCCCC1)N(C)C2=O. The Hall–Kier alpha value is -3.10. The van der Waals surface area contributed by atoms with E-state index in [-0.39, 0.29) is 35.8 Å². The first-order valence-corrected chi connectivity index (χ1v) is 10.6. The van der Waals surface area contributed by atoms with Gasteiger partial charge in [0, 0.05) is 24.8 Å². The van der Waals surface area contributed by atoms with Crippen molar-refractivity contribution in [2.24, 2.45) is 0 Å². The maximum Gasteiger partial charge on any atom is 0.276 e. The quantitative estimate of drug-likeness (QED) is 0.729. The number of rotatable bonds is 4. The fourth-order valence-electron chi connectivity index (χ4n) is 4.22. The first kappa shape index (κ1) is 21.1. The second-order valence-electron chi connectivity index (χ2n) is 8.56. The number of carbonyl (C=O) groups is 3. The first-order chi connectivity index (χ1) is 14.8. The highest BCUT2D eigenvalue weighted by molar-refractivity contribution is 6.36. The Labute approximate surface area is 182 Å². The van der Waals surface area contributed by atoms with Crippen LogP contribution in [0, 0.1) is 0 Å². The Morgan fingerprint density at radius 1 is 1.19 bits per heavy atom. The standard InChI is InChI=1S/C22H26BN5O3/c1-22(21(31)24-14-8-4-3-5-9-14)13-28-18(20(30)27(22)2)12-17(26-28)19(29)25-16-11-7-6-10-15(16)23/h6-7,10-12,14H,3-5,8-9,13H2,1-2H3,(H,24,31)(H,25,29). The number of aromatic nitrogens is 2. The van der Waals surface area contributed by atoms with E-state index >= 15 is 0 Å². The molecule has 4 rings (SSSR count). The molecule has 2 heterocycles. The lowest BCUT2D eigenvalue weighted by Crippen LogP contribution is -2.63. The highest BCUT2D eigenvalue weighted by Crippen LogP contribution is 2.27. The average Bonchev–Trinajstić information content (AvgIpc) is 3.18. The predicted molar refractivity (Wildman–Crippen MR) is 118 cm³/mol. The fraction of sp³-hybridized carbons (Fsp3) is 0.455. The third-order valence-corrected chi connectivity index (χ3v) is 6.37. The van der Waals surface area contributed by atoms with Gasteiger partial charge >= 0.3 is 0 Å². The summed E-state index contributed by atoms with van der Waals surface area (Å²) in [6.07, 6.45) is 5.31. The van der Waals surface area contributed by atoms with Crippen molar-refractivity contribution in [2.75, 3.05) is 12.4 Å². The Morgan fingerprint density at radius 2 is 1.90 bits per heavy atom. The highest BCUT2D eigenvalue weighted by atomic mass is 16.2. The number of para-hydroxylation sites is 1. The van der Waals surface area contributed by atoms with Gasteiger partial charge in [-0.2, -0.15) is 5.10 Å². The van der Waals surface area contributed by atoms with Crippen molar-refractivity contribution in [1.82, 2.24) is 20.0 Å². The van der Waals surface area contributed by atoms with E-state index in [0.29, 0.717) is 11.2 Å². The number of likely N-dealkylation sites (N-methyl/N-ethyl adjacent to an activating group) is 1. The topological polar surface area (TPSA) is 96.3 Å². The second-order valence-corrected chi connectivity index (χ2v) is 8.56. The van der Waals surface area contributed by atoms with E-state index in [4.69, 9.17) is 7.85 Å². The van der Waals surface area contributed by atoms with Crippen LogP contribution < -0.4 is 16.1 Å². The largest absolute Gasteiger partial charge is 0.351 e. The number of amides is 3. The molecule has 1 aliphatic carbocycles. The molecule has 8 nitrogen and oxygen atoms in total. The number of benzene rings is 1. The number of hydrogen-bond acceptors (Lipinski definition) is 4. The van der Waals surface area contributed by atoms with Gasteiger partial charge in [0.2, 0.25) is 5.91 Å². The van der Waals surface area contributed by atoms with Gasteiger partial charge in [-0.3, -0.25) is 19.1 Å². The molecule has 9 heteroatoms. The molecule has 1 aromatic carbocycles. The summed E-state index contributed by atoms with van der Waals surface area (Å²) < 4.78 is 1.45. The summed E-state index contributed by atoms with van der Waals surface area (Å²) in [5, 5.41) is 10.1. The molecule has 1 fully saturated rings. The summed E-state index contributed by atoms with van der Waals surface area (Å²) >= 11 is 0. The maximum atomic E-state index is 13.1. The summed E-state index contributed by atoms with van der Waals surface area (Å²) in [7, 11) is 7.50. The zero-order chi connectivity index (χ0) is 22.2. The highest BCUT2D eigenvalue weighted by Gasteiger charge is 2.46. The van der Waals surface area contributed by atoms with Gasteiger partial charge in [-0.1, -0.05) is 42.9 Å². The van der Waals surface area contributed by atoms with Crippen LogP contribution in [-0.4, -0.2) is 58.9 Å². The van der Waals surface area contributed by atoms with Crippen molar-refractivity contribution in [3.8, 4) is 0 Å². The van der Waals surface area contributed by atoms with Gasteiger partial charge in [0.1, 0.15) is 19.1 Å². The Bertz CT molecular complexity index is 1030. The lowest BCUT2D eigenvalue weighted by Gasteiger charge is -2.41. The molecule has 1 atom stereocenters. The third kappa shape index (κ3) is 3.96. The van der Waals surface area contributed by atoms with Crippen LogP contribution in [0.15, 0.2) is 30.3 Å². The van der Waals surface area contributed by atoms with Gasteiger partial charge in [0.25, 0.3) is 11.8 Å². The van der Waals surface area contributed by atoms with Crippen molar-refractivity contribution in [3.63, 3.8) is 0 Å². The molecular formula is C22H26BN5O3. The van der Waals surface area contributed by atoms with Crippen LogP contribution in [0.4, 0.5) is 5.69 Å². The van der Waals surface area contributed by atoms with Crippen molar-refractivity contribution in [3.05, 3.63) is 41.7 Å². The number of fused-ring (bicyclic) bond motifs is 1. The number of hydrogen-bond donors (Lipinski definition) is 2. The van der Waals surface area contributed by atoms with Gasteiger partial charge in [-0.25, -0.2) is 0 Å². The molecule has 1 aliphatic heterocycles. The Kier molecular flexibility index (Phi) is 5.60. The fourth-order valence-corrected chi connectivity index (χ4v) is 4.22. The molecule has 2 aromatic rings. The molecule has 1 saturated carbocycles. The monoisotopic (exact) mass is 419 g/mol. The van der Waals surface area contributed by atoms with Crippen molar-refractivity contribution in [2.45, 2.75) is 57.2 Å². The zero-order valence-corrected chi connectivity index (χ0v) is 17.9. The smallest absolute Gasteiger partial charge is 0.276 e. The lowest BCUT2D eigenvalue weighted by molar-refractivity contribution is -0.133. The van der Waals surface area contributed by atoms with Crippen molar-refractivity contribution < 1.29 is 14.4 Å².